The van der Waals surface area contributed by atoms with Crippen LogP contribution in [0.25, 0.3) is 0 Å². The average Bonchev–Trinajstić information content (AvgIpc) is 2.52. The van der Waals surface area contributed by atoms with E-state index < -0.39 is 18.6 Å². The molecule has 1 amide bonds. The Kier molecular flexibility index (Phi) is 6.70. The van der Waals surface area contributed by atoms with Crippen molar-refractivity contribution in [3.63, 3.8) is 0 Å². The summed E-state index contributed by atoms with van der Waals surface area (Å²) >= 11 is 17.6. The van der Waals surface area contributed by atoms with Crippen molar-refractivity contribution in [3.8, 4) is 11.5 Å². The summed E-state index contributed by atoms with van der Waals surface area (Å²) < 4.78 is 34.1. The highest BCUT2D eigenvalue weighted by Gasteiger charge is 2.17. The lowest BCUT2D eigenvalue weighted by atomic mass is 10.2. The van der Waals surface area contributed by atoms with Gasteiger partial charge < -0.3 is 14.8 Å². The molecule has 1 atom stereocenters. The Morgan fingerprint density at radius 2 is 1.60 bits per heavy atom. The van der Waals surface area contributed by atoms with Crippen molar-refractivity contribution in [1.82, 2.24) is 0 Å². The normalized spacial score (nSPS) is 12.0. The third-order valence-electron chi connectivity index (χ3n) is 2.98. The second-order valence-electron chi connectivity index (χ2n) is 4.85. The number of hydrogen-bond donors (Lipinski definition) is 1. The lowest BCUT2D eigenvalue weighted by molar-refractivity contribution is -0.122. The van der Waals surface area contributed by atoms with E-state index in [0.717, 1.165) is 0 Å². The third kappa shape index (κ3) is 5.63. The van der Waals surface area contributed by atoms with Crippen LogP contribution in [0.1, 0.15) is 6.92 Å². The molecule has 25 heavy (non-hydrogen) atoms. The van der Waals surface area contributed by atoms with Gasteiger partial charge in [-0.15, -0.1) is 0 Å². The average molecular weight is 411 g/mol. The van der Waals surface area contributed by atoms with E-state index >= 15 is 0 Å². The fraction of sp³-hybridized carbons (Fsp3) is 0.188. The van der Waals surface area contributed by atoms with Crippen LogP contribution in [0.2, 0.25) is 15.1 Å². The Balaban J connectivity index is 2.02. The zero-order valence-corrected chi connectivity index (χ0v) is 15.0. The van der Waals surface area contributed by atoms with Gasteiger partial charge in [0.1, 0.15) is 11.5 Å². The van der Waals surface area contributed by atoms with Gasteiger partial charge in [-0.05, 0) is 43.3 Å². The highest BCUT2D eigenvalue weighted by Crippen LogP contribution is 2.30. The van der Waals surface area contributed by atoms with E-state index in [0.29, 0.717) is 16.5 Å². The predicted octanol–water partition coefficient (Wildman–Crippen LogP) is 5.65. The van der Waals surface area contributed by atoms with E-state index in [1.807, 2.05) is 0 Å². The molecule has 0 heterocycles. The summed E-state index contributed by atoms with van der Waals surface area (Å²) in [4.78, 5) is 12.2. The SMILES string of the molecule is C[C@H](Oc1ccc(Cl)cc1Cl)C(=O)Nc1ccc(OC(F)F)c(Cl)c1. The standard InChI is InChI=1S/C16H12Cl3F2NO3/c1-8(24-13-4-2-9(17)6-11(13)18)15(23)22-10-3-5-14(12(19)7-10)25-16(20)21/h2-8,16H,1H3,(H,22,23)/t8-/m0/s1. The predicted molar refractivity (Wildman–Crippen MR) is 93.3 cm³/mol. The van der Waals surface area contributed by atoms with Crippen LogP contribution >= 0.6 is 34.8 Å². The van der Waals surface area contributed by atoms with E-state index in [2.05, 4.69) is 10.1 Å². The van der Waals surface area contributed by atoms with Crippen molar-refractivity contribution in [1.29, 1.82) is 0 Å². The Hall–Kier alpha value is -1.76. The van der Waals surface area contributed by atoms with Crippen LogP contribution in [0.15, 0.2) is 36.4 Å². The zero-order valence-electron chi connectivity index (χ0n) is 12.7. The summed E-state index contributed by atoms with van der Waals surface area (Å²) in [5.74, 6) is -0.371. The summed E-state index contributed by atoms with van der Waals surface area (Å²) in [6.45, 7) is -1.47. The van der Waals surface area contributed by atoms with Gasteiger partial charge in [-0.25, -0.2) is 0 Å². The van der Waals surface area contributed by atoms with Crippen molar-refractivity contribution in [3.05, 3.63) is 51.5 Å². The molecule has 0 spiro atoms. The van der Waals surface area contributed by atoms with Crippen LogP contribution in [-0.4, -0.2) is 18.6 Å². The van der Waals surface area contributed by atoms with E-state index in [4.69, 9.17) is 39.5 Å². The number of anilines is 1. The summed E-state index contributed by atoms with van der Waals surface area (Å²) in [7, 11) is 0. The second-order valence-corrected chi connectivity index (χ2v) is 6.10. The lowest BCUT2D eigenvalue weighted by Gasteiger charge is -2.16. The fourth-order valence-corrected chi connectivity index (χ4v) is 2.51. The number of carbonyl (C=O) groups is 1. The van der Waals surface area contributed by atoms with Crippen molar-refractivity contribution in [2.75, 3.05) is 5.32 Å². The highest BCUT2D eigenvalue weighted by atomic mass is 35.5. The van der Waals surface area contributed by atoms with Crippen LogP contribution in [0.5, 0.6) is 11.5 Å². The molecule has 0 saturated heterocycles. The van der Waals surface area contributed by atoms with Gasteiger partial charge in [-0.3, -0.25) is 4.79 Å². The van der Waals surface area contributed by atoms with Crippen LogP contribution in [-0.2, 0) is 4.79 Å². The van der Waals surface area contributed by atoms with E-state index in [1.165, 1.54) is 31.2 Å². The molecule has 0 bridgehead atoms. The van der Waals surface area contributed by atoms with E-state index in [9.17, 15) is 13.6 Å². The number of carbonyl (C=O) groups excluding carboxylic acids is 1. The Bertz CT molecular complexity index is 774. The van der Waals surface area contributed by atoms with E-state index in [1.54, 1.807) is 12.1 Å². The molecule has 2 aromatic rings. The van der Waals surface area contributed by atoms with Gasteiger partial charge in [0.05, 0.1) is 10.0 Å². The number of hydrogen-bond acceptors (Lipinski definition) is 3. The van der Waals surface area contributed by atoms with Crippen molar-refractivity contribution in [2.45, 2.75) is 19.6 Å². The molecule has 0 aliphatic carbocycles. The minimum atomic E-state index is -2.99. The van der Waals surface area contributed by atoms with Gasteiger partial charge >= 0.3 is 6.61 Å². The minimum Gasteiger partial charge on any atom is -0.479 e. The maximum absolute atomic E-state index is 12.2. The van der Waals surface area contributed by atoms with Gasteiger partial charge in [0.2, 0.25) is 0 Å². The maximum atomic E-state index is 12.2. The maximum Gasteiger partial charge on any atom is 0.387 e. The topological polar surface area (TPSA) is 47.6 Å². The molecule has 0 aliphatic heterocycles. The van der Waals surface area contributed by atoms with Crippen molar-refractivity contribution < 1.29 is 23.0 Å². The summed E-state index contributed by atoms with van der Waals surface area (Å²) in [5, 5.41) is 3.20. The largest absolute Gasteiger partial charge is 0.479 e. The molecule has 0 fully saturated rings. The van der Waals surface area contributed by atoms with Crippen LogP contribution in [0, 0.1) is 0 Å². The number of nitrogens with one attached hydrogen (secondary N) is 1. The molecule has 0 aromatic heterocycles. The first-order chi connectivity index (χ1) is 11.8. The van der Waals surface area contributed by atoms with Gasteiger partial charge in [-0.2, -0.15) is 8.78 Å². The number of rotatable bonds is 6. The van der Waals surface area contributed by atoms with Gasteiger partial charge in [0, 0.05) is 10.7 Å². The summed E-state index contributed by atoms with van der Waals surface area (Å²) in [5.41, 5.74) is 0.300. The molecule has 9 heteroatoms. The molecule has 1 N–H and O–H groups in total. The number of amides is 1. The van der Waals surface area contributed by atoms with E-state index in [-0.39, 0.29) is 15.8 Å². The first-order valence-corrected chi connectivity index (χ1v) is 8.06. The summed E-state index contributed by atoms with van der Waals surface area (Å²) in [6.07, 6.45) is -0.880. The van der Waals surface area contributed by atoms with Gasteiger partial charge in [0.15, 0.2) is 6.10 Å². The molecular formula is C16H12Cl3F2NO3. The quantitative estimate of drug-likeness (QED) is 0.669. The monoisotopic (exact) mass is 409 g/mol. The molecule has 0 aliphatic rings. The third-order valence-corrected chi connectivity index (χ3v) is 3.81. The summed E-state index contributed by atoms with van der Waals surface area (Å²) in [6, 6.07) is 8.51. The van der Waals surface area contributed by atoms with Gasteiger partial charge in [0.25, 0.3) is 5.91 Å². The molecule has 2 rings (SSSR count). The smallest absolute Gasteiger partial charge is 0.387 e. The van der Waals surface area contributed by atoms with Crippen LogP contribution in [0.4, 0.5) is 14.5 Å². The number of halogens is 5. The molecule has 4 nitrogen and oxygen atoms in total. The molecule has 0 unspecified atom stereocenters. The number of benzene rings is 2. The van der Waals surface area contributed by atoms with Gasteiger partial charge in [-0.1, -0.05) is 34.8 Å². The second kappa shape index (κ2) is 8.56. The molecule has 2 aromatic carbocycles. The molecular weight excluding hydrogens is 399 g/mol. The first-order valence-electron chi connectivity index (χ1n) is 6.93. The number of ether oxygens (including phenoxy) is 2. The van der Waals surface area contributed by atoms with Crippen LogP contribution < -0.4 is 14.8 Å². The fourth-order valence-electron chi connectivity index (χ4n) is 1.83. The van der Waals surface area contributed by atoms with Crippen molar-refractivity contribution >= 4 is 46.4 Å². The minimum absolute atomic E-state index is 0.0626. The van der Waals surface area contributed by atoms with Crippen molar-refractivity contribution in [2.24, 2.45) is 0 Å². The molecule has 134 valence electrons. The van der Waals surface area contributed by atoms with Crippen LogP contribution in [0.3, 0.4) is 0 Å². The molecule has 0 radical (unpaired) electrons. The number of alkyl halides is 2. The Labute approximate surface area is 157 Å². The Morgan fingerprint density at radius 1 is 1.00 bits per heavy atom. The highest BCUT2D eigenvalue weighted by molar-refractivity contribution is 6.35. The first kappa shape index (κ1) is 19.6. The zero-order chi connectivity index (χ0) is 18.6. The lowest BCUT2D eigenvalue weighted by Crippen LogP contribution is -2.30. The molecule has 0 saturated carbocycles. The Morgan fingerprint density at radius 3 is 2.20 bits per heavy atom.